The highest BCUT2D eigenvalue weighted by Gasteiger charge is 2.28. The number of esters is 1. The Balaban J connectivity index is 3.72. The molecule has 0 aromatic rings. The third kappa shape index (κ3) is 35.5. The number of nitrogens with one attached hydrogen (secondary N) is 1. The zero-order valence-electron chi connectivity index (χ0n) is 33.1. The van der Waals surface area contributed by atoms with Crippen molar-refractivity contribution in [1.82, 2.24) is 5.32 Å². The molecule has 0 aliphatic heterocycles. The lowest BCUT2D eigenvalue weighted by molar-refractivity contribution is -0.147. The van der Waals surface area contributed by atoms with E-state index in [1.54, 1.807) is 0 Å². The Morgan fingerprint density at radius 3 is 1.27 bits per heavy atom. The Morgan fingerprint density at radius 2 is 0.885 bits per heavy atom. The Hall–Kier alpha value is -1.52. The monoisotopic (exact) mass is 764 g/mol. The van der Waals surface area contributed by atoms with Gasteiger partial charge < -0.3 is 25.2 Å². The zero-order valence-corrected chi connectivity index (χ0v) is 34.0. The molecule has 0 heterocycles. The van der Waals surface area contributed by atoms with Crippen LogP contribution in [0, 0.1) is 0 Å². The van der Waals surface area contributed by atoms with Crippen LogP contribution in [0.25, 0.3) is 0 Å². The molecule has 0 rings (SSSR count). The van der Waals surface area contributed by atoms with Crippen LogP contribution in [0.3, 0.4) is 0 Å². The van der Waals surface area contributed by atoms with E-state index >= 15 is 0 Å². The van der Waals surface area contributed by atoms with Gasteiger partial charge >= 0.3 is 19.8 Å². The molecule has 3 atom stereocenters. The fraction of sp³-hybridized carbons (Fsp3) is 0.925. The molecule has 0 fully saturated rings. The molecule has 0 bridgehead atoms. The molecule has 0 aliphatic rings. The van der Waals surface area contributed by atoms with E-state index in [2.05, 4.69) is 19.2 Å². The third-order valence-electron chi connectivity index (χ3n) is 9.40. The lowest BCUT2D eigenvalue weighted by Gasteiger charge is -2.18. The van der Waals surface area contributed by atoms with E-state index in [0.29, 0.717) is 12.8 Å². The first kappa shape index (κ1) is 50.5. The number of carbonyl (C=O) groups excluding carboxylic acids is 2. The number of hydrogen-bond acceptors (Lipinski definition) is 8. The van der Waals surface area contributed by atoms with Crippen molar-refractivity contribution < 1.29 is 47.8 Å². The summed E-state index contributed by atoms with van der Waals surface area (Å²) in [5.41, 5.74) is 0. The lowest BCUT2D eigenvalue weighted by atomic mass is 10.0. The number of unbranched alkanes of at least 4 members (excludes halogenated alkanes) is 26. The second-order valence-corrected chi connectivity index (χ2v) is 16.0. The van der Waals surface area contributed by atoms with Crippen molar-refractivity contribution in [2.24, 2.45) is 0 Å². The minimum Gasteiger partial charge on any atom is -0.480 e. The predicted molar refractivity (Wildman–Crippen MR) is 208 cm³/mol. The normalized spacial score (nSPS) is 13.8. The SMILES string of the molecule is CCCCCCCCCCCCCCCCCCCCCCCCC(=O)OCC(O)COP(=O)(O)OCC(NC(=O)CCCCCCCC)C(=O)O. The van der Waals surface area contributed by atoms with Gasteiger partial charge in [0.05, 0.1) is 13.2 Å². The molecular formula is C40H78NO10P. The largest absolute Gasteiger partial charge is 0.480 e. The summed E-state index contributed by atoms with van der Waals surface area (Å²) in [6, 6.07) is -1.54. The number of amides is 1. The van der Waals surface area contributed by atoms with Crippen LogP contribution in [0.5, 0.6) is 0 Å². The third-order valence-corrected chi connectivity index (χ3v) is 10.3. The number of phosphoric acid groups is 1. The molecule has 0 saturated carbocycles. The van der Waals surface area contributed by atoms with Gasteiger partial charge in [-0.1, -0.05) is 181 Å². The smallest absolute Gasteiger partial charge is 0.472 e. The first-order valence-electron chi connectivity index (χ1n) is 21.1. The van der Waals surface area contributed by atoms with E-state index in [9.17, 15) is 34.1 Å². The molecule has 52 heavy (non-hydrogen) atoms. The number of aliphatic hydroxyl groups excluding tert-OH is 1. The van der Waals surface area contributed by atoms with Gasteiger partial charge in [-0.15, -0.1) is 0 Å². The van der Waals surface area contributed by atoms with Gasteiger partial charge in [-0.2, -0.15) is 0 Å². The summed E-state index contributed by atoms with van der Waals surface area (Å²) in [5.74, 6) is -2.37. The van der Waals surface area contributed by atoms with Crippen molar-refractivity contribution in [1.29, 1.82) is 0 Å². The van der Waals surface area contributed by atoms with Crippen molar-refractivity contribution in [3.63, 3.8) is 0 Å². The molecule has 12 heteroatoms. The summed E-state index contributed by atoms with van der Waals surface area (Å²) in [7, 11) is -4.74. The van der Waals surface area contributed by atoms with Crippen LogP contribution in [0.1, 0.15) is 206 Å². The van der Waals surface area contributed by atoms with Crippen molar-refractivity contribution in [3.8, 4) is 0 Å². The number of hydrogen-bond donors (Lipinski definition) is 4. The van der Waals surface area contributed by atoms with Crippen LogP contribution >= 0.6 is 7.82 Å². The van der Waals surface area contributed by atoms with Gasteiger partial charge in [0.2, 0.25) is 5.91 Å². The van der Waals surface area contributed by atoms with Gasteiger partial charge in [-0.3, -0.25) is 18.6 Å². The highest BCUT2D eigenvalue weighted by molar-refractivity contribution is 7.47. The quantitative estimate of drug-likeness (QED) is 0.0268. The van der Waals surface area contributed by atoms with E-state index in [4.69, 9.17) is 13.8 Å². The van der Waals surface area contributed by atoms with Gasteiger partial charge in [0.1, 0.15) is 12.7 Å². The van der Waals surface area contributed by atoms with E-state index in [-0.39, 0.29) is 12.8 Å². The van der Waals surface area contributed by atoms with Crippen LogP contribution in [-0.4, -0.2) is 64.9 Å². The summed E-state index contributed by atoms with van der Waals surface area (Å²) >= 11 is 0. The number of aliphatic hydroxyl groups is 1. The fourth-order valence-electron chi connectivity index (χ4n) is 6.08. The first-order valence-corrected chi connectivity index (χ1v) is 22.6. The Morgan fingerprint density at radius 1 is 0.538 bits per heavy atom. The van der Waals surface area contributed by atoms with Crippen LogP contribution < -0.4 is 5.32 Å². The molecule has 0 aliphatic carbocycles. The van der Waals surface area contributed by atoms with Crippen molar-refractivity contribution >= 4 is 25.7 Å². The maximum absolute atomic E-state index is 12.2. The topological polar surface area (TPSA) is 169 Å². The number of carboxylic acids is 1. The van der Waals surface area contributed by atoms with Crippen LogP contribution in [0.2, 0.25) is 0 Å². The number of carbonyl (C=O) groups is 3. The van der Waals surface area contributed by atoms with Gasteiger partial charge in [-0.25, -0.2) is 9.36 Å². The fourth-order valence-corrected chi connectivity index (χ4v) is 6.85. The molecule has 1 amide bonds. The number of phosphoric ester groups is 1. The van der Waals surface area contributed by atoms with Crippen molar-refractivity contribution in [3.05, 3.63) is 0 Å². The molecule has 0 saturated heterocycles. The maximum Gasteiger partial charge on any atom is 0.472 e. The highest BCUT2D eigenvalue weighted by Crippen LogP contribution is 2.43. The summed E-state index contributed by atoms with van der Waals surface area (Å²) in [4.78, 5) is 45.5. The average Bonchev–Trinajstić information content (AvgIpc) is 3.11. The predicted octanol–water partition coefficient (Wildman–Crippen LogP) is 10.3. The second kappa shape index (κ2) is 36.5. The molecule has 0 spiro atoms. The van der Waals surface area contributed by atoms with Crippen LogP contribution in [0.4, 0.5) is 0 Å². The molecular weight excluding hydrogens is 685 g/mol. The molecule has 3 unspecified atom stereocenters. The number of ether oxygens (including phenoxy) is 1. The van der Waals surface area contributed by atoms with Crippen molar-refractivity contribution in [2.75, 3.05) is 19.8 Å². The maximum atomic E-state index is 12.2. The first-order chi connectivity index (χ1) is 25.1. The van der Waals surface area contributed by atoms with Gasteiger partial charge in [0.15, 0.2) is 6.04 Å². The zero-order chi connectivity index (χ0) is 38.5. The molecule has 0 aromatic carbocycles. The Kier molecular flexibility index (Phi) is 35.4. The Labute approximate surface area is 316 Å². The summed E-state index contributed by atoms with van der Waals surface area (Å²) < 4.78 is 26.7. The molecule has 4 N–H and O–H groups in total. The Bertz CT molecular complexity index is 906. The molecule has 0 aromatic heterocycles. The molecule has 11 nitrogen and oxygen atoms in total. The molecule has 0 radical (unpaired) electrons. The summed E-state index contributed by atoms with van der Waals surface area (Å²) in [6.45, 7) is 2.51. The minimum atomic E-state index is -4.74. The van der Waals surface area contributed by atoms with Gasteiger partial charge in [0.25, 0.3) is 0 Å². The standard InChI is InChI=1S/C40H78NO10P/c1-3-5-7-9-11-12-13-14-15-16-17-18-19-20-21-22-23-24-25-26-28-30-32-39(44)49-33-36(42)34-50-52(47,48)51-35-37(40(45)46)41-38(43)31-29-27-10-8-6-4-2/h36-37,42H,3-35H2,1-2H3,(H,41,43)(H,45,46)(H,47,48). The molecule has 308 valence electrons. The average molecular weight is 764 g/mol. The van der Waals surface area contributed by atoms with E-state index in [0.717, 1.165) is 51.4 Å². The van der Waals surface area contributed by atoms with Crippen LogP contribution in [-0.2, 0) is 32.7 Å². The van der Waals surface area contributed by atoms with E-state index in [1.165, 1.54) is 116 Å². The number of carboxylic acid groups (broad SMARTS) is 1. The van der Waals surface area contributed by atoms with Crippen LogP contribution in [0.15, 0.2) is 0 Å². The van der Waals surface area contributed by atoms with Gasteiger partial charge in [0, 0.05) is 12.8 Å². The highest BCUT2D eigenvalue weighted by atomic mass is 31.2. The van der Waals surface area contributed by atoms with Crippen molar-refractivity contribution in [2.45, 2.75) is 219 Å². The van der Waals surface area contributed by atoms with E-state index in [1.807, 2.05) is 0 Å². The minimum absolute atomic E-state index is 0.147. The lowest BCUT2D eigenvalue weighted by Crippen LogP contribution is -2.43. The number of aliphatic carboxylic acids is 1. The van der Waals surface area contributed by atoms with Gasteiger partial charge in [-0.05, 0) is 12.8 Å². The number of rotatable bonds is 40. The van der Waals surface area contributed by atoms with E-state index < -0.39 is 57.6 Å². The summed E-state index contributed by atoms with van der Waals surface area (Å²) in [5, 5.41) is 21.6. The summed E-state index contributed by atoms with van der Waals surface area (Å²) in [6.07, 6.45) is 33.3. The second-order valence-electron chi connectivity index (χ2n) is 14.5.